The summed E-state index contributed by atoms with van der Waals surface area (Å²) < 4.78 is 9.95. The van der Waals surface area contributed by atoms with Crippen LogP contribution in [-0.4, -0.2) is 30.2 Å². The van der Waals surface area contributed by atoms with Gasteiger partial charge in [0, 0.05) is 18.8 Å². The maximum Gasteiger partial charge on any atom is 0.418 e. The molecular formula is C18H23NO4. The van der Waals surface area contributed by atoms with E-state index < -0.39 is 18.0 Å². The fourth-order valence-electron chi connectivity index (χ4n) is 1.27. The Kier molecular flexibility index (Phi) is 11.4. The van der Waals surface area contributed by atoms with E-state index in [1.54, 1.807) is 25.2 Å². The van der Waals surface area contributed by atoms with Gasteiger partial charge in [-0.1, -0.05) is 30.9 Å². The summed E-state index contributed by atoms with van der Waals surface area (Å²) in [4.78, 5) is 24.8. The van der Waals surface area contributed by atoms with Crippen molar-refractivity contribution in [2.45, 2.75) is 20.3 Å². The molecule has 0 rings (SSSR count). The van der Waals surface area contributed by atoms with E-state index in [-0.39, 0.29) is 13.2 Å². The lowest BCUT2D eigenvalue weighted by Crippen LogP contribution is -2.22. The molecule has 0 unspecified atom stereocenters. The first-order valence-corrected chi connectivity index (χ1v) is 7.20. The zero-order valence-corrected chi connectivity index (χ0v) is 13.6. The highest BCUT2D eigenvalue weighted by atomic mass is 16.6. The lowest BCUT2D eigenvalue weighted by Gasteiger charge is -2.14. The molecule has 0 bridgehead atoms. The van der Waals surface area contributed by atoms with Crippen molar-refractivity contribution in [1.82, 2.24) is 4.90 Å². The summed E-state index contributed by atoms with van der Waals surface area (Å²) >= 11 is 0. The van der Waals surface area contributed by atoms with Gasteiger partial charge in [-0.15, -0.1) is 12.3 Å². The lowest BCUT2D eigenvalue weighted by molar-refractivity contribution is -0.146. The van der Waals surface area contributed by atoms with Gasteiger partial charge in [0.25, 0.3) is 0 Å². The molecule has 0 radical (unpaired) electrons. The summed E-state index contributed by atoms with van der Waals surface area (Å²) in [6, 6.07) is 0. The zero-order chi connectivity index (χ0) is 17.5. The zero-order valence-electron chi connectivity index (χ0n) is 13.6. The third-order valence-electron chi connectivity index (χ3n) is 2.48. The van der Waals surface area contributed by atoms with Gasteiger partial charge >= 0.3 is 12.1 Å². The second-order valence-electron chi connectivity index (χ2n) is 4.39. The fourth-order valence-corrected chi connectivity index (χ4v) is 1.27. The molecule has 1 atom stereocenters. The number of carbonyl (C=O) groups is 2. The number of esters is 1. The first kappa shape index (κ1) is 20.3. The molecule has 0 aromatic heterocycles. The van der Waals surface area contributed by atoms with Crippen molar-refractivity contribution in [2.75, 3.05) is 13.2 Å². The van der Waals surface area contributed by atoms with Gasteiger partial charge in [0.05, 0.1) is 5.92 Å². The second-order valence-corrected chi connectivity index (χ2v) is 4.39. The summed E-state index contributed by atoms with van der Waals surface area (Å²) in [6.45, 7) is 7.28. The summed E-state index contributed by atoms with van der Waals surface area (Å²) in [5.41, 5.74) is 0. The van der Waals surface area contributed by atoms with Crippen molar-refractivity contribution < 1.29 is 19.1 Å². The minimum absolute atomic E-state index is 0.102. The highest BCUT2D eigenvalue weighted by Gasteiger charge is 2.13. The van der Waals surface area contributed by atoms with Crippen LogP contribution in [0.4, 0.5) is 4.79 Å². The maximum atomic E-state index is 11.9. The normalized spacial score (nSPS) is 12.2. The van der Waals surface area contributed by atoms with Crippen LogP contribution in [-0.2, 0) is 14.3 Å². The van der Waals surface area contributed by atoms with Crippen molar-refractivity contribution in [3.8, 4) is 12.3 Å². The van der Waals surface area contributed by atoms with Crippen LogP contribution in [0.1, 0.15) is 20.3 Å². The van der Waals surface area contributed by atoms with Crippen LogP contribution in [0, 0.1) is 18.3 Å². The summed E-state index contributed by atoms with van der Waals surface area (Å²) in [6.07, 6.45) is 16.1. The van der Waals surface area contributed by atoms with Gasteiger partial charge in [-0.2, -0.15) is 0 Å². The molecule has 0 spiro atoms. The van der Waals surface area contributed by atoms with E-state index in [9.17, 15) is 9.59 Å². The number of ether oxygens (including phenoxy) is 2. The van der Waals surface area contributed by atoms with Crippen LogP contribution in [0.5, 0.6) is 0 Å². The van der Waals surface area contributed by atoms with Gasteiger partial charge < -0.3 is 9.47 Å². The van der Waals surface area contributed by atoms with Gasteiger partial charge in [-0.3, -0.25) is 9.69 Å². The first-order valence-electron chi connectivity index (χ1n) is 7.20. The maximum absolute atomic E-state index is 11.9. The van der Waals surface area contributed by atoms with Crippen molar-refractivity contribution in [3.05, 3.63) is 49.4 Å². The van der Waals surface area contributed by atoms with Crippen molar-refractivity contribution in [2.24, 2.45) is 5.92 Å². The average molecular weight is 317 g/mol. The number of hydrogen-bond donors (Lipinski definition) is 0. The largest absolute Gasteiger partial charge is 0.464 e. The van der Waals surface area contributed by atoms with Gasteiger partial charge in [0.2, 0.25) is 0 Å². The van der Waals surface area contributed by atoms with Gasteiger partial charge in [0.15, 0.2) is 0 Å². The number of carbonyl (C=O) groups excluding carboxylic acids is 2. The number of nitrogens with zero attached hydrogens (tertiary/aromatic N) is 1. The van der Waals surface area contributed by atoms with E-state index in [4.69, 9.17) is 15.9 Å². The number of rotatable bonds is 9. The molecule has 0 aromatic rings. The van der Waals surface area contributed by atoms with Gasteiger partial charge in [0.1, 0.15) is 13.2 Å². The SMILES string of the molecule is C#CCCOC(=O)[C@@H](C)/C=C\N(/C=C\C=C/C)C(=O)OCC=C. The van der Waals surface area contributed by atoms with Gasteiger partial charge in [-0.05, 0) is 19.9 Å². The minimum atomic E-state index is -0.574. The predicted molar refractivity (Wildman–Crippen MR) is 90.1 cm³/mol. The van der Waals surface area contributed by atoms with Crippen LogP contribution in [0.3, 0.4) is 0 Å². The quantitative estimate of drug-likeness (QED) is 0.215. The Morgan fingerprint density at radius 3 is 2.65 bits per heavy atom. The topological polar surface area (TPSA) is 55.8 Å². The molecule has 0 saturated heterocycles. The Balaban J connectivity index is 4.77. The lowest BCUT2D eigenvalue weighted by atomic mass is 10.2. The Bertz CT molecular complexity index is 512. The number of terminal acetylenes is 1. The molecule has 0 fully saturated rings. The van der Waals surface area contributed by atoms with Crippen LogP contribution in [0.2, 0.25) is 0 Å². The van der Waals surface area contributed by atoms with E-state index in [0.717, 1.165) is 0 Å². The third-order valence-corrected chi connectivity index (χ3v) is 2.48. The first-order chi connectivity index (χ1) is 11.1. The van der Waals surface area contributed by atoms with E-state index in [1.807, 2.05) is 13.0 Å². The molecule has 0 saturated carbocycles. The molecule has 0 heterocycles. The standard InChI is InChI=1S/C18H23NO4/c1-5-8-10-12-19(18(21)23-14-7-3)13-11-16(4)17(20)22-15-9-6-2/h2,5,7-8,10-13,16H,3,9,14-15H2,1,4H3/b8-5-,12-10-,13-11-/t16-/m0/s1. The molecule has 0 aliphatic carbocycles. The fraction of sp³-hybridized carbons (Fsp3) is 0.333. The minimum Gasteiger partial charge on any atom is -0.464 e. The smallest absolute Gasteiger partial charge is 0.418 e. The van der Waals surface area contributed by atoms with Crippen LogP contribution in [0.15, 0.2) is 49.4 Å². The molecule has 5 heteroatoms. The van der Waals surface area contributed by atoms with Crippen LogP contribution >= 0.6 is 0 Å². The molecule has 0 aliphatic heterocycles. The average Bonchev–Trinajstić information content (AvgIpc) is 2.55. The Morgan fingerprint density at radius 1 is 1.30 bits per heavy atom. The predicted octanol–water partition coefficient (Wildman–Crippen LogP) is 3.42. The molecule has 0 aliphatic rings. The third kappa shape index (κ3) is 9.75. The molecule has 1 amide bonds. The van der Waals surface area contributed by atoms with Crippen LogP contribution < -0.4 is 0 Å². The van der Waals surface area contributed by atoms with Crippen molar-refractivity contribution >= 4 is 12.1 Å². The number of hydrogen-bond acceptors (Lipinski definition) is 4. The Hall–Kier alpha value is -2.74. The Morgan fingerprint density at radius 2 is 2.04 bits per heavy atom. The highest BCUT2D eigenvalue weighted by molar-refractivity contribution is 5.74. The molecule has 0 N–H and O–H groups in total. The van der Waals surface area contributed by atoms with E-state index >= 15 is 0 Å². The van der Waals surface area contributed by atoms with Crippen molar-refractivity contribution in [1.29, 1.82) is 0 Å². The molecular weight excluding hydrogens is 294 g/mol. The molecule has 124 valence electrons. The summed E-state index contributed by atoms with van der Waals surface area (Å²) in [5, 5.41) is 0. The number of allylic oxidation sites excluding steroid dienone is 3. The van der Waals surface area contributed by atoms with E-state index in [1.165, 1.54) is 23.4 Å². The number of amides is 1. The highest BCUT2D eigenvalue weighted by Crippen LogP contribution is 2.05. The van der Waals surface area contributed by atoms with Gasteiger partial charge in [-0.25, -0.2) is 4.79 Å². The summed E-state index contributed by atoms with van der Waals surface area (Å²) in [5.74, 6) is 1.46. The summed E-state index contributed by atoms with van der Waals surface area (Å²) in [7, 11) is 0. The second kappa shape index (κ2) is 13.0. The van der Waals surface area contributed by atoms with Crippen molar-refractivity contribution in [3.63, 3.8) is 0 Å². The van der Waals surface area contributed by atoms with E-state index in [2.05, 4.69) is 12.5 Å². The molecule has 5 nitrogen and oxygen atoms in total. The molecule has 0 aromatic carbocycles. The van der Waals surface area contributed by atoms with Crippen LogP contribution in [0.25, 0.3) is 0 Å². The van der Waals surface area contributed by atoms with E-state index in [0.29, 0.717) is 6.42 Å². The molecule has 23 heavy (non-hydrogen) atoms. The monoisotopic (exact) mass is 317 g/mol. The Labute approximate surface area is 137 Å².